The van der Waals surface area contributed by atoms with Gasteiger partial charge in [0.05, 0.1) is 0 Å². The smallest absolute Gasteiger partial charge is 0.257 e. The zero-order chi connectivity index (χ0) is 12.3. The molecule has 2 N–H and O–H groups in total. The van der Waals surface area contributed by atoms with E-state index in [4.69, 9.17) is 5.73 Å². The SMILES string of the molecule is Cn1c(N)ncc(CCc2ccccc2)c1=O. The lowest BCUT2D eigenvalue weighted by Crippen LogP contribution is -2.24. The second-order valence-electron chi connectivity index (χ2n) is 3.99. The molecular weight excluding hydrogens is 214 g/mol. The van der Waals surface area contributed by atoms with Crippen LogP contribution in [0.2, 0.25) is 0 Å². The first-order valence-electron chi connectivity index (χ1n) is 5.53. The molecule has 0 bridgehead atoms. The van der Waals surface area contributed by atoms with Crippen LogP contribution in [0.1, 0.15) is 11.1 Å². The van der Waals surface area contributed by atoms with E-state index in [0.717, 1.165) is 6.42 Å². The Hall–Kier alpha value is -2.10. The third-order valence-electron chi connectivity index (χ3n) is 2.80. The molecule has 0 spiro atoms. The molecule has 88 valence electrons. The lowest BCUT2D eigenvalue weighted by molar-refractivity contribution is 0.801. The number of anilines is 1. The summed E-state index contributed by atoms with van der Waals surface area (Å²) in [7, 11) is 1.64. The molecule has 0 amide bonds. The zero-order valence-corrected chi connectivity index (χ0v) is 9.76. The molecule has 0 saturated heterocycles. The number of hydrogen-bond acceptors (Lipinski definition) is 3. The fourth-order valence-corrected chi connectivity index (χ4v) is 1.70. The third kappa shape index (κ3) is 2.53. The standard InChI is InChI=1S/C13H15N3O/c1-16-12(17)11(9-15-13(16)14)8-7-10-5-3-2-4-6-10/h2-6,9H,7-8H2,1H3,(H2,14,15). The Morgan fingerprint density at radius 2 is 1.94 bits per heavy atom. The van der Waals surface area contributed by atoms with Crippen LogP contribution < -0.4 is 11.3 Å². The van der Waals surface area contributed by atoms with Crippen LogP contribution in [0, 0.1) is 0 Å². The number of hydrogen-bond donors (Lipinski definition) is 1. The van der Waals surface area contributed by atoms with Crippen molar-refractivity contribution in [2.75, 3.05) is 5.73 Å². The topological polar surface area (TPSA) is 60.9 Å². The van der Waals surface area contributed by atoms with Gasteiger partial charge in [0.15, 0.2) is 0 Å². The predicted octanol–water partition coefficient (Wildman–Crippen LogP) is 1.15. The highest BCUT2D eigenvalue weighted by Gasteiger charge is 2.04. The van der Waals surface area contributed by atoms with Crippen LogP contribution in [0.25, 0.3) is 0 Å². The van der Waals surface area contributed by atoms with Crippen molar-refractivity contribution >= 4 is 5.95 Å². The van der Waals surface area contributed by atoms with Crippen molar-refractivity contribution in [3.63, 3.8) is 0 Å². The minimum atomic E-state index is -0.0616. The van der Waals surface area contributed by atoms with Gasteiger partial charge in [0.2, 0.25) is 5.95 Å². The molecular formula is C13H15N3O. The minimum Gasteiger partial charge on any atom is -0.369 e. The molecule has 0 radical (unpaired) electrons. The minimum absolute atomic E-state index is 0.0616. The summed E-state index contributed by atoms with van der Waals surface area (Å²) in [6.07, 6.45) is 3.09. The summed E-state index contributed by atoms with van der Waals surface area (Å²) in [4.78, 5) is 15.8. The second-order valence-corrected chi connectivity index (χ2v) is 3.99. The van der Waals surface area contributed by atoms with Crippen LogP contribution in [0.3, 0.4) is 0 Å². The largest absolute Gasteiger partial charge is 0.369 e. The Balaban J connectivity index is 2.16. The molecule has 0 aliphatic heterocycles. The van der Waals surface area contributed by atoms with E-state index in [1.807, 2.05) is 18.2 Å². The lowest BCUT2D eigenvalue weighted by atomic mass is 10.1. The van der Waals surface area contributed by atoms with E-state index in [9.17, 15) is 4.79 Å². The number of aryl methyl sites for hydroxylation is 2. The zero-order valence-electron chi connectivity index (χ0n) is 9.76. The average Bonchev–Trinajstić information content (AvgIpc) is 2.36. The molecule has 0 aliphatic rings. The molecule has 4 heteroatoms. The van der Waals surface area contributed by atoms with Crippen molar-refractivity contribution in [2.24, 2.45) is 7.05 Å². The van der Waals surface area contributed by atoms with Gasteiger partial charge in [0.25, 0.3) is 5.56 Å². The van der Waals surface area contributed by atoms with Gasteiger partial charge >= 0.3 is 0 Å². The maximum Gasteiger partial charge on any atom is 0.257 e. The Kier molecular flexibility index (Phi) is 3.23. The molecule has 2 rings (SSSR count). The van der Waals surface area contributed by atoms with Crippen molar-refractivity contribution < 1.29 is 0 Å². The van der Waals surface area contributed by atoms with Crippen LogP contribution >= 0.6 is 0 Å². The summed E-state index contributed by atoms with van der Waals surface area (Å²) < 4.78 is 1.38. The van der Waals surface area contributed by atoms with Gasteiger partial charge in [-0.3, -0.25) is 9.36 Å². The first-order chi connectivity index (χ1) is 8.18. The van der Waals surface area contributed by atoms with E-state index in [2.05, 4.69) is 17.1 Å². The van der Waals surface area contributed by atoms with E-state index in [0.29, 0.717) is 12.0 Å². The molecule has 0 aliphatic carbocycles. The monoisotopic (exact) mass is 229 g/mol. The van der Waals surface area contributed by atoms with Gasteiger partial charge in [-0.15, -0.1) is 0 Å². The van der Waals surface area contributed by atoms with Gasteiger partial charge in [0, 0.05) is 18.8 Å². The number of benzene rings is 1. The number of nitrogen functional groups attached to an aromatic ring is 1. The molecule has 4 nitrogen and oxygen atoms in total. The molecule has 2 aromatic rings. The third-order valence-corrected chi connectivity index (χ3v) is 2.80. The molecule has 0 atom stereocenters. The van der Waals surface area contributed by atoms with Crippen molar-refractivity contribution in [1.82, 2.24) is 9.55 Å². The summed E-state index contributed by atoms with van der Waals surface area (Å²) in [5.41, 5.74) is 7.40. The predicted molar refractivity (Wildman–Crippen MR) is 67.7 cm³/mol. The molecule has 0 unspecified atom stereocenters. The highest BCUT2D eigenvalue weighted by atomic mass is 16.1. The fraction of sp³-hybridized carbons (Fsp3) is 0.231. The van der Waals surface area contributed by atoms with Gasteiger partial charge in [-0.25, -0.2) is 4.98 Å². The van der Waals surface area contributed by atoms with Crippen molar-refractivity contribution in [2.45, 2.75) is 12.8 Å². The van der Waals surface area contributed by atoms with Crippen LogP contribution in [0.5, 0.6) is 0 Å². The average molecular weight is 229 g/mol. The van der Waals surface area contributed by atoms with Crippen LogP contribution in [0.15, 0.2) is 41.3 Å². The Bertz CT molecular complexity index is 561. The summed E-state index contributed by atoms with van der Waals surface area (Å²) in [5.74, 6) is 0.249. The molecule has 1 heterocycles. The van der Waals surface area contributed by atoms with Gasteiger partial charge < -0.3 is 5.73 Å². The Labute approximate surface area is 99.7 Å². The fourth-order valence-electron chi connectivity index (χ4n) is 1.70. The first kappa shape index (κ1) is 11.4. The molecule has 0 saturated carbocycles. The summed E-state index contributed by atoms with van der Waals surface area (Å²) >= 11 is 0. The van der Waals surface area contributed by atoms with E-state index < -0.39 is 0 Å². The number of aromatic nitrogens is 2. The molecule has 1 aromatic heterocycles. The lowest BCUT2D eigenvalue weighted by Gasteiger charge is -2.05. The summed E-state index contributed by atoms with van der Waals surface area (Å²) in [5, 5.41) is 0. The number of rotatable bonds is 3. The van der Waals surface area contributed by atoms with E-state index >= 15 is 0 Å². The van der Waals surface area contributed by atoms with Crippen LogP contribution in [-0.2, 0) is 19.9 Å². The van der Waals surface area contributed by atoms with Gasteiger partial charge in [-0.2, -0.15) is 0 Å². The first-order valence-corrected chi connectivity index (χ1v) is 5.53. The van der Waals surface area contributed by atoms with Crippen LogP contribution in [-0.4, -0.2) is 9.55 Å². The van der Waals surface area contributed by atoms with E-state index in [1.165, 1.54) is 10.1 Å². The number of nitrogens with two attached hydrogens (primary N) is 1. The van der Waals surface area contributed by atoms with Crippen molar-refractivity contribution in [3.05, 3.63) is 58.0 Å². The van der Waals surface area contributed by atoms with E-state index in [1.54, 1.807) is 13.2 Å². The highest BCUT2D eigenvalue weighted by molar-refractivity contribution is 5.22. The van der Waals surface area contributed by atoms with Gasteiger partial charge in [-0.05, 0) is 18.4 Å². The van der Waals surface area contributed by atoms with Gasteiger partial charge in [-0.1, -0.05) is 30.3 Å². The Morgan fingerprint density at radius 1 is 1.24 bits per heavy atom. The normalized spacial score (nSPS) is 10.4. The van der Waals surface area contributed by atoms with Crippen molar-refractivity contribution in [1.29, 1.82) is 0 Å². The quantitative estimate of drug-likeness (QED) is 0.858. The van der Waals surface area contributed by atoms with Gasteiger partial charge in [0.1, 0.15) is 0 Å². The van der Waals surface area contributed by atoms with Crippen LogP contribution in [0.4, 0.5) is 5.95 Å². The maximum absolute atomic E-state index is 11.9. The Morgan fingerprint density at radius 3 is 2.65 bits per heavy atom. The van der Waals surface area contributed by atoms with Crippen molar-refractivity contribution in [3.8, 4) is 0 Å². The summed E-state index contributed by atoms with van der Waals surface area (Å²) in [6, 6.07) is 10.1. The molecule has 0 fully saturated rings. The maximum atomic E-state index is 11.9. The molecule has 1 aromatic carbocycles. The highest BCUT2D eigenvalue weighted by Crippen LogP contribution is 2.04. The molecule has 17 heavy (non-hydrogen) atoms. The van der Waals surface area contributed by atoms with E-state index in [-0.39, 0.29) is 11.5 Å². The number of nitrogens with zero attached hydrogens (tertiary/aromatic N) is 2. The summed E-state index contributed by atoms with van der Waals surface area (Å²) in [6.45, 7) is 0. The second kappa shape index (κ2) is 4.82.